The van der Waals surface area contributed by atoms with E-state index in [1.807, 2.05) is 6.26 Å². The van der Waals surface area contributed by atoms with Crippen LogP contribution in [0.1, 0.15) is 0 Å². The number of thioether (sulfide) groups is 1. The molecule has 0 radical (unpaired) electrons. The van der Waals surface area contributed by atoms with E-state index in [4.69, 9.17) is 9.79 Å². The van der Waals surface area contributed by atoms with Crippen LogP contribution in [-0.2, 0) is 16.3 Å². The highest BCUT2D eigenvalue weighted by atomic mass is 32.5. The van der Waals surface area contributed by atoms with Crippen LogP contribution in [0.4, 0.5) is 0 Å². The SMILES string of the molecule is CSCCOP(O)(O)=S. The first kappa shape index (κ1) is 9.88. The summed E-state index contributed by atoms with van der Waals surface area (Å²) in [5, 5.41) is 0. The monoisotopic (exact) mass is 188 g/mol. The fourth-order valence-electron chi connectivity index (χ4n) is 0.240. The molecule has 0 aromatic heterocycles. The first-order valence-electron chi connectivity index (χ1n) is 2.25. The van der Waals surface area contributed by atoms with Gasteiger partial charge in [-0.3, -0.25) is 0 Å². The zero-order valence-electron chi connectivity index (χ0n) is 4.98. The molecule has 0 bridgehead atoms. The van der Waals surface area contributed by atoms with Crippen LogP contribution in [0.5, 0.6) is 0 Å². The van der Waals surface area contributed by atoms with Crippen molar-refractivity contribution < 1.29 is 14.3 Å². The highest BCUT2D eigenvalue weighted by Crippen LogP contribution is 2.35. The molecule has 0 aliphatic carbocycles. The van der Waals surface area contributed by atoms with Gasteiger partial charge >= 0.3 is 6.72 Å². The van der Waals surface area contributed by atoms with E-state index >= 15 is 0 Å². The van der Waals surface area contributed by atoms with Crippen molar-refractivity contribution in [1.29, 1.82) is 0 Å². The molecular formula is C3H9O3PS2. The normalized spacial score (nSPS) is 11.9. The van der Waals surface area contributed by atoms with Crippen LogP contribution < -0.4 is 0 Å². The predicted octanol–water partition coefficient (Wildman–Crippen LogP) is 0.575. The minimum Gasteiger partial charge on any atom is -0.325 e. The largest absolute Gasteiger partial charge is 0.325 e. The lowest BCUT2D eigenvalue weighted by molar-refractivity contribution is 0.267. The van der Waals surface area contributed by atoms with Gasteiger partial charge in [0, 0.05) is 5.75 Å². The molecule has 2 N–H and O–H groups in total. The molecule has 0 aliphatic rings. The summed E-state index contributed by atoms with van der Waals surface area (Å²) in [6.07, 6.45) is 1.90. The second-order valence-corrected chi connectivity index (χ2v) is 4.97. The van der Waals surface area contributed by atoms with E-state index < -0.39 is 6.72 Å². The second kappa shape index (κ2) is 4.66. The molecule has 0 saturated carbocycles. The van der Waals surface area contributed by atoms with Crippen molar-refractivity contribution in [3.05, 3.63) is 0 Å². The Hall–Kier alpha value is 0.880. The molecule has 0 unspecified atom stereocenters. The lowest BCUT2D eigenvalue weighted by Gasteiger charge is -2.05. The van der Waals surface area contributed by atoms with Gasteiger partial charge in [0.15, 0.2) is 0 Å². The quantitative estimate of drug-likeness (QED) is 0.499. The Balaban J connectivity index is 3.18. The van der Waals surface area contributed by atoms with Crippen molar-refractivity contribution in [1.82, 2.24) is 0 Å². The van der Waals surface area contributed by atoms with Crippen LogP contribution >= 0.6 is 18.5 Å². The molecule has 0 saturated heterocycles. The fourth-order valence-corrected chi connectivity index (χ4v) is 1.17. The molecule has 0 aromatic rings. The van der Waals surface area contributed by atoms with E-state index in [0.717, 1.165) is 5.75 Å². The van der Waals surface area contributed by atoms with E-state index in [-0.39, 0.29) is 0 Å². The van der Waals surface area contributed by atoms with Crippen LogP contribution in [0, 0.1) is 0 Å². The predicted molar refractivity (Wildman–Crippen MR) is 43.1 cm³/mol. The molecule has 6 heteroatoms. The van der Waals surface area contributed by atoms with E-state index in [9.17, 15) is 0 Å². The number of hydrogen-bond donors (Lipinski definition) is 2. The van der Waals surface area contributed by atoms with E-state index in [1.54, 1.807) is 11.8 Å². The number of rotatable bonds is 4. The molecule has 0 atom stereocenters. The van der Waals surface area contributed by atoms with Gasteiger partial charge < -0.3 is 14.3 Å². The molecule has 56 valence electrons. The van der Waals surface area contributed by atoms with Crippen LogP contribution in [0.25, 0.3) is 0 Å². The lowest BCUT2D eigenvalue weighted by atomic mass is 10.9. The molecule has 3 nitrogen and oxygen atoms in total. The minimum atomic E-state index is -3.38. The lowest BCUT2D eigenvalue weighted by Crippen LogP contribution is -1.93. The Kier molecular flexibility index (Phi) is 5.11. The summed E-state index contributed by atoms with van der Waals surface area (Å²) in [4.78, 5) is 17.0. The molecule has 0 fully saturated rings. The summed E-state index contributed by atoms with van der Waals surface area (Å²) in [5.41, 5.74) is 0. The maximum Gasteiger partial charge on any atom is 0.321 e. The van der Waals surface area contributed by atoms with Gasteiger partial charge in [-0.05, 0) is 18.1 Å². The fraction of sp³-hybridized carbons (Fsp3) is 1.00. The summed E-state index contributed by atoms with van der Waals surface area (Å²) in [6, 6.07) is 0. The zero-order valence-corrected chi connectivity index (χ0v) is 7.51. The van der Waals surface area contributed by atoms with E-state index in [1.165, 1.54) is 0 Å². The van der Waals surface area contributed by atoms with Crippen LogP contribution in [0.15, 0.2) is 0 Å². The highest BCUT2D eigenvalue weighted by molar-refractivity contribution is 8.06. The average Bonchev–Trinajstić information content (AvgIpc) is 1.63. The number of hydrogen-bond acceptors (Lipinski definition) is 3. The molecule has 9 heavy (non-hydrogen) atoms. The molecule has 0 aromatic carbocycles. The molecule has 0 aliphatic heterocycles. The van der Waals surface area contributed by atoms with Crippen LogP contribution in [-0.4, -0.2) is 28.4 Å². The van der Waals surface area contributed by atoms with Crippen molar-refractivity contribution >= 4 is 30.3 Å². The third-order valence-corrected chi connectivity index (χ3v) is 1.96. The highest BCUT2D eigenvalue weighted by Gasteiger charge is 2.05. The van der Waals surface area contributed by atoms with Crippen molar-refractivity contribution in [3.63, 3.8) is 0 Å². The summed E-state index contributed by atoms with van der Waals surface area (Å²) < 4.78 is 4.49. The Bertz CT molecular complexity index is 112. The van der Waals surface area contributed by atoms with E-state index in [0.29, 0.717) is 6.61 Å². The van der Waals surface area contributed by atoms with E-state index in [2.05, 4.69) is 16.3 Å². The second-order valence-electron chi connectivity index (χ2n) is 1.32. The summed E-state index contributed by atoms with van der Waals surface area (Å²) in [7, 11) is 0. The van der Waals surface area contributed by atoms with Gasteiger partial charge in [-0.2, -0.15) is 11.8 Å². The summed E-state index contributed by atoms with van der Waals surface area (Å²) >= 11 is 5.76. The summed E-state index contributed by atoms with van der Waals surface area (Å²) in [6.45, 7) is -3.06. The zero-order chi connectivity index (χ0) is 7.33. The topological polar surface area (TPSA) is 49.7 Å². The van der Waals surface area contributed by atoms with Gasteiger partial charge in [-0.25, -0.2) is 0 Å². The Morgan fingerprint density at radius 3 is 2.56 bits per heavy atom. The molecule has 0 heterocycles. The van der Waals surface area contributed by atoms with Crippen LogP contribution in [0.2, 0.25) is 0 Å². The summed E-state index contributed by atoms with van der Waals surface area (Å²) in [5.74, 6) is 0.736. The van der Waals surface area contributed by atoms with Crippen molar-refractivity contribution in [2.45, 2.75) is 0 Å². The smallest absolute Gasteiger partial charge is 0.321 e. The van der Waals surface area contributed by atoms with Gasteiger partial charge in [-0.1, -0.05) is 0 Å². The van der Waals surface area contributed by atoms with Crippen molar-refractivity contribution in [2.75, 3.05) is 18.6 Å². The Morgan fingerprint density at radius 2 is 2.22 bits per heavy atom. The molecule has 0 spiro atoms. The standard InChI is InChI=1S/C3H9O3PS2/c1-9-3-2-6-7(4,5)8/h2-3H2,1H3,(H2,4,5,8). The molecular weight excluding hydrogens is 179 g/mol. The van der Waals surface area contributed by atoms with Gasteiger partial charge in [0.2, 0.25) is 0 Å². The van der Waals surface area contributed by atoms with Crippen LogP contribution in [0.3, 0.4) is 0 Å². The van der Waals surface area contributed by atoms with Crippen molar-refractivity contribution in [3.8, 4) is 0 Å². The first-order chi connectivity index (χ1) is 4.06. The molecule has 0 amide bonds. The average molecular weight is 188 g/mol. The molecule has 0 rings (SSSR count). The Labute approximate surface area is 63.7 Å². The Morgan fingerprint density at radius 1 is 1.67 bits per heavy atom. The third-order valence-electron chi connectivity index (χ3n) is 0.547. The third kappa shape index (κ3) is 8.88. The maximum absolute atomic E-state index is 8.49. The van der Waals surface area contributed by atoms with Gasteiger partial charge in [0.1, 0.15) is 0 Å². The van der Waals surface area contributed by atoms with Crippen molar-refractivity contribution in [2.24, 2.45) is 0 Å². The van der Waals surface area contributed by atoms with Gasteiger partial charge in [-0.15, -0.1) is 0 Å². The maximum atomic E-state index is 8.49. The minimum absolute atomic E-state index is 0.311. The van der Waals surface area contributed by atoms with Gasteiger partial charge in [0.05, 0.1) is 6.61 Å². The van der Waals surface area contributed by atoms with Gasteiger partial charge in [0.25, 0.3) is 0 Å². The first-order valence-corrected chi connectivity index (χ1v) is 6.27.